The molecule has 4 heteroatoms. The molecule has 0 spiro atoms. The maximum atomic E-state index is 4.93. The molecule has 1 aromatic heterocycles. The van der Waals surface area contributed by atoms with E-state index in [1.807, 2.05) is 11.8 Å². The first-order chi connectivity index (χ1) is 10.2. The van der Waals surface area contributed by atoms with Crippen molar-refractivity contribution >= 4 is 17.6 Å². The van der Waals surface area contributed by atoms with Gasteiger partial charge in [0.1, 0.15) is 5.82 Å². The fraction of sp³-hybridized carbons (Fsp3) is 0.471. The lowest BCUT2D eigenvalue weighted by Gasteiger charge is -2.13. The van der Waals surface area contributed by atoms with E-state index in [0.717, 1.165) is 18.7 Å². The largest absolute Gasteiger partial charge is 0.370 e. The summed E-state index contributed by atoms with van der Waals surface area (Å²) in [6.45, 7) is 5.39. The van der Waals surface area contributed by atoms with Gasteiger partial charge in [0.15, 0.2) is 0 Å². The van der Waals surface area contributed by atoms with Crippen LogP contribution in [0, 0.1) is 13.8 Å². The molecule has 1 aromatic carbocycles. The number of anilines is 1. The Morgan fingerprint density at radius 1 is 1.29 bits per heavy atom. The summed E-state index contributed by atoms with van der Waals surface area (Å²) in [5.41, 5.74) is 6.49. The molecule has 0 fully saturated rings. The molecule has 1 aliphatic rings. The summed E-state index contributed by atoms with van der Waals surface area (Å²) < 4.78 is 2.13. The molecule has 0 aliphatic carbocycles. The van der Waals surface area contributed by atoms with Gasteiger partial charge in [-0.15, -0.1) is 0 Å². The maximum Gasteiger partial charge on any atom is 0.133 e. The standard InChI is InChI=1S/C17H23N3S/c1-12-7-6-9-16(13(12)2)20-17-14(8-4-5-10-18-17)15(19-20)11-21-3/h6-7,9,18H,4-5,8,10-11H2,1-3H3. The van der Waals surface area contributed by atoms with E-state index in [1.54, 1.807) is 0 Å². The van der Waals surface area contributed by atoms with Crippen molar-refractivity contribution < 1.29 is 0 Å². The monoisotopic (exact) mass is 301 g/mol. The van der Waals surface area contributed by atoms with Crippen molar-refractivity contribution in [3.05, 3.63) is 40.6 Å². The number of rotatable bonds is 3. The van der Waals surface area contributed by atoms with Gasteiger partial charge in [0.25, 0.3) is 0 Å². The average molecular weight is 301 g/mol. The quantitative estimate of drug-likeness (QED) is 0.925. The zero-order chi connectivity index (χ0) is 14.8. The van der Waals surface area contributed by atoms with Crippen LogP contribution in [-0.4, -0.2) is 22.6 Å². The minimum atomic E-state index is 0.988. The van der Waals surface area contributed by atoms with Crippen LogP contribution in [0.15, 0.2) is 18.2 Å². The van der Waals surface area contributed by atoms with Crippen molar-refractivity contribution in [1.82, 2.24) is 9.78 Å². The number of nitrogens with one attached hydrogen (secondary N) is 1. The Labute approximate surface area is 131 Å². The zero-order valence-corrected chi connectivity index (χ0v) is 13.9. The fourth-order valence-corrected chi connectivity index (χ4v) is 3.47. The Bertz CT molecular complexity index is 646. The molecular formula is C17H23N3S. The average Bonchev–Trinajstić information content (AvgIpc) is 2.66. The summed E-state index contributed by atoms with van der Waals surface area (Å²) in [5, 5.41) is 8.54. The highest BCUT2D eigenvalue weighted by atomic mass is 32.2. The Morgan fingerprint density at radius 2 is 2.14 bits per heavy atom. The molecule has 21 heavy (non-hydrogen) atoms. The molecule has 3 rings (SSSR count). The highest BCUT2D eigenvalue weighted by Crippen LogP contribution is 2.31. The van der Waals surface area contributed by atoms with Gasteiger partial charge in [0.2, 0.25) is 0 Å². The van der Waals surface area contributed by atoms with Crippen LogP contribution in [0.4, 0.5) is 5.82 Å². The first kappa shape index (κ1) is 14.5. The molecule has 3 nitrogen and oxygen atoms in total. The molecule has 2 heterocycles. The molecular weight excluding hydrogens is 278 g/mol. The van der Waals surface area contributed by atoms with Gasteiger partial charge in [-0.1, -0.05) is 12.1 Å². The highest BCUT2D eigenvalue weighted by molar-refractivity contribution is 7.97. The lowest BCUT2D eigenvalue weighted by molar-refractivity contribution is 0.770. The first-order valence-corrected chi connectivity index (χ1v) is 9.02. The maximum absolute atomic E-state index is 4.93. The SMILES string of the molecule is CSCc1nn(-c2cccc(C)c2C)c2c1CCCCN2. The van der Waals surface area contributed by atoms with Crippen LogP contribution >= 0.6 is 11.8 Å². The van der Waals surface area contributed by atoms with Gasteiger partial charge in [0.05, 0.1) is 11.4 Å². The van der Waals surface area contributed by atoms with Gasteiger partial charge < -0.3 is 5.32 Å². The lowest BCUT2D eigenvalue weighted by atomic mass is 10.1. The zero-order valence-electron chi connectivity index (χ0n) is 13.1. The van der Waals surface area contributed by atoms with Crippen LogP contribution in [0.2, 0.25) is 0 Å². The second-order valence-electron chi connectivity index (χ2n) is 5.72. The molecule has 1 N–H and O–H groups in total. The third kappa shape index (κ3) is 2.69. The Hall–Kier alpha value is -1.42. The Balaban J connectivity index is 2.16. The van der Waals surface area contributed by atoms with E-state index >= 15 is 0 Å². The van der Waals surface area contributed by atoms with Crippen molar-refractivity contribution in [2.45, 2.75) is 38.9 Å². The summed E-state index contributed by atoms with van der Waals surface area (Å²) in [4.78, 5) is 0. The van der Waals surface area contributed by atoms with Crippen LogP contribution in [0.1, 0.15) is 35.2 Å². The van der Waals surface area contributed by atoms with Crippen molar-refractivity contribution in [1.29, 1.82) is 0 Å². The Kier molecular flexibility index (Phi) is 4.24. The number of aryl methyl sites for hydroxylation is 1. The smallest absolute Gasteiger partial charge is 0.133 e. The molecule has 0 saturated carbocycles. The highest BCUT2D eigenvalue weighted by Gasteiger charge is 2.21. The number of fused-ring (bicyclic) bond motifs is 1. The van der Waals surface area contributed by atoms with Gasteiger partial charge in [-0.05, 0) is 56.6 Å². The summed E-state index contributed by atoms with van der Waals surface area (Å²) in [5.74, 6) is 2.20. The van der Waals surface area contributed by atoms with Gasteiger partial charge in [-0.25, -0.2) is 4.68 Å². The van der Waals surface area contributed by atoms with E-state index in [9.17, 15) is 0 Å². The molecule has 0 atom stereocenters. The van der Waals surface area contributed by atoms with E-state index in [4.69, 9.17) is 5.10 Å². The molecule has 0 saturated heterocycles. The number of hydrogen-bond donors (Lipinski definition) is 1. The molecule has 0 amide bonds. The minimum Gasteiger partial charge on any atom is -0.370 e. The number of hydrogen-bond acceptors (Lipinski definition) is 3. The molecule has 0 unspecified atom stereocenters. The van der Waals surface area contributed by atoms with Crippen LogP contribution in [0.25, 0.3) is 5.69 Å². The van der Waals surface area contributed by atoms with Gasteiger partial charge >= 0.3 is 0 Å². The van der Waals surface area contributed by atoms with Crippen molar-refractivity contribution in [3.8, 4) is 5.69 Å². The predicted octanol–water partition coefficient (Wildman–Crippen LogP) is 4.10. The topological polar surface area (TPSA) is 29.9 Å². The third-order valence-electron chi connectivity index (χ3n) is 4.30. The van der Waals surface area contributed by atoms with Gasteiger partial charge in [-0.3, -0.25) is 0 Å². The van der Waals surface area contributed by atoms with Crippen LogP contribution in [-0.2, 0) is 12.2 Å². The van der Waals surface area contributed by atoms with Crippen LogP contribution in [0.5, 0.6) is 0 Å². The number of nitrogens with zero attached hydrogens (tertiary/aromatic N) is 2. The first-order valence-electron chi connectivity index (χ1n) is 7.62. The number of thioether (sulfide) groups is 1. The van der Waals surface area contributed by atoms with E-state index in [2.05, 4.69) is 48.3 Å². The van der Waals surface area contributed by atoms with Crippen LogP contribution < -0.4 is 5.32 Å². The third-order valence-corrected chi connectivity index (χ3v) is 4.86. The fourth-order valence-electron chi connectivity index (χ4n) is 2.97. The van der Waals surface area contributed by atoms with Crippen molar-refractivity contribution in [2.24, 2.45) is 0 Å². The van der Waals surface area contributed by atoms with E-state index in [-0.39, 0.29) is 0 Å². The van der Waals surface area contributed by atoms with Crippen molar-refractivity contribution in [2.75, 3.05) is 18.1 Å². The minimum absolute atomic E-state index is 0.988. The molecule has 2 aromatic rings. The summed E-state index contributed by atoms with van der Waals surface area (Å²) in [7, 11) is 0. The van der Waals surface area contributed by atoms with E-state index in [0.29, 0.717) is 0 Å². The van der Waals surface area contributed by atoms with E-state index in [1.165, 1.54) is 46.7 Å². The number of aromatic nitrogens is 2. The molecule has 0 bridgehead atoms. The molecule has 0 radical (unpaired) electrons. The second-order valence-corrected chi connectivity index (χ2v) is 6.59. The number of benzene rings is 1. The van der Waals surface area contributed by atoms with E-state index < -0.39 is 0 Å². The summed E-state index contributed by atoms with van der Waals surface area (Å²) in [6, 6.07) is 6.46. The molecule has 112 valence electrons. The van der Waals surface area contributed by atoms with Gasteiger partial charge in [0, 0.05) is 17.9 Å². The Morgan fingerprint density at radius 3 is 2.95 bits per heavy atom. The summed E-state index contributed by atoms with van der Waals surface area (Å²) >= 11 is 1.85. The lowest BCUT2D eigenvalue weighted by Crippen LogP contribution is -2.08. The van der Waals surface area contributed by atoms with Gasteiger partial charge in [-0.2, -0.15) is 16.9 Å². The summed E-state index contributed by atoms with van der Waals surface area (Å²) in [6.07, 6.45) is 5.77. The predicted molar refractivity (Wildman–Crippen MR) is 91.7 cm³/mol. The van der Waals surface area contributed by atoms with Crippen LogP contribution in [0.3, 0.4) is 0 Å². The molecule has 1 aliphatic heterocycles. The normalized spacial score (nSPS) is 14.4. The van der Waals surface area contributed by atoms with Crippen molar-refractivity contribution in [3.63, 3.8) is 0 Å². The second kappa shape index (κ2) is 6.14.